The molecule has 0 spiro atoms. The molecule has 3 aromatic rings. The van der Waals surface area contributed by atoms with Gasteiger partial charge in [0.2, 0.25) is 10.0 Å². The fraction of sp³-hybridized carbons (Fsp3) is 0.391. The van der Waals surface area contributed by atoms with E-state index in [4.69, 9.17) is 0 Å². The lowest BCUT2D eigenvalue weighted by atomic mass is 10.1. The molecule has 7 nitrogen and oxygen atoms in total. The molecule has 0 aliphatic rings. The van der Waals surface area contributed by atoms with Crippen LogP contribution in [0.1, 0.15) is 37.7 Å². The highest BCUT2D eigenvalue weighted by Crippen LogP contribution is 2.23. The quantitative estimate of drug-likeness (QED) is 0.242. The van der Waals surface area contributed by atoms with Crippen molar-refractivity contribution in [2.75, 3.05) is 19.6 Å². The summed E-state index contributed by atoms with van der Waals surface area (Å²) in [7, 11) is -3.76. The third-order valence-corrected chi connectivity index (χ3v) is 8.06. The molecule has 0 bridgehead atoms. The number of aromatic nitrogens is 3. The lowest BCUT2D eigenvalue weighted by Crippen LogP contribution is -2.32. The third kappa shape index (κ3) is 7.25. The second kappa shape index (κ2) is 12.3. The average molecular weight is 600 g/mol. The molecule has 1 aromatic heterocycles. The first kappa shape index (κ1) is 26.1. The van der Waals surface area contributed by atoms with E-state index in [1.165, 1.54) is 0 Å². The van der Waals surface area contributed by atoms with Gasteiger partial charge < -0.3 is 9.47 Å². The molecule has 1 atom stereocenters. The van der Waals surface area contributed by atoms with Crippen LogP contribution in [-0.2, 0) is 23.0 Å². The second-order valence-electron chi connectivity index (χ2n) is 7.71. The fourth-order valence-electron chi connectivity index (χ4n) is 3.68. The third-order valence-electron chi connectivity index (χ3n) is 5.53. The molecule has 0 saturated heterocycles. The van der Waals surface area contributed by atoms with Crippen molar-refractivity contribution >= 4 is 45.2 Å². The monoisotopic (exact) mass is 599 g/mol. The Kier molecular flexibility index (Phi) is 9.74. The number of nitrogens with one attached hydrogen (secondary N) is 1. The minimum Gasteiger partial charge on any atom is -0.305 e. The molecule has 2 aromatic carbocycles. The van der Waals surface area contributed by atoms with Crippen LogP contribution in [0.5, 0.6) is 0 Å². The van der Waals surface area contributed by atoms with Crippen LogP contribution in [0.4, 0.5) is 0 Å². The maximum Gasteiger partial charge on any atom is 0.241 e. The van der Waals surface area contributed by atoms with E-state index in [1.807, 2.05) is 34.9 Å². The van der Waals surface area contributed by atoms with Crippen LogP contribution in [0.3, 0.4) is 0 Å². The van der Waals surface area contributed by atoms with Crippen LogP contribution in [0.25, 0.3) is 0 Å². The minimum absolute atomic E-state index is 0.222. The van der Waals surface area contributed by atoms with Crippen LogP contribution >= 0.6 is 35.2 Å². The van der Waals surface area contributed by atoms with Crippen LogP contribution in [-0.4, -0.2) is 47.7 Å². The van der Waals surface area contributed by atoms with Crippen molar-refractivity contribution in [3.8, 4) is 0 Å². The molecule has 3 rings (SSSR count). The predicted octanol–water partition coefficient (Wildman–Crippen LogP) is 4.17. The van der Waals surface area contributed by atoms with Gasteiger partial charge in [-0.3, -0.25) is 0 Å². The maximum atomic E-state index is 13.2. The normalized spacial score (nSPS) is 12.9. The Morgan fingerprint density at radius 2 is 1.73 bits per heavy atom. The molecule has 0 unspecified atom stereocenters. The van der Waals surface area contributed by atoms with Gasteiger partial charge in [0, 0.05) is 10.1 Å². The number of halogens is 1. The predicted molar refractivity (Wildman–Crippen MR) is 142 cm³/mol. The molecule has 178 valence electrons. The summed E-state index contributed by atoms with van der Waals surface area (Å²) in [5.74, 6) is 0.567. The maximum absolute atomic E-state index is 13.2. The van der Waals surface area contributed by atoms with Crippen molar-refractivity contribution in [2.45, 2.75) is 49.3 Å². The molecule has 0 fully saturated rings. The largest absolute Gasteiger partial charge is 0.305 e. The van der Waals surface area contributed by atoms with Crippen LogP contribution in [0.15, 0.2) is 64.6 Å². The van der Waals surface area contributed by atoms with Gasteiger partial charge in [0.15, 0.2) is 11.0 Å². The zero-order valence-electron chi connectivity index (χ0n) is 18.9. The van der Waals surface area contributed by atoms with Crippen molar-refractivity contribution in [3.63, 3.8) is 0 Å². The summed E-state index contributed by atoms with van der Waals surface area (Å²) in [5.41, 5.74) is 1.01. The molecular formula is C23H30IN5O2S2. The lowest BCUT2D eigenvalue weighted by Gasteiger charge is -2.21. The van der Waals surface area contributed by atoms with Crippen LogP contribution < -0.4 is 4.72 Å². The molecule has 0 aliphatic heterocycles. The number of sulfonamides is 1. The number of nitrogens with zero attached hydrogens (tertiary/aromatic N) is 4. The number of hydrogen-bond donors (Lipinski definition) is 2. The standard InChI is InChI=1S/C23H30IN5O2S2/c1-3-28(4-2)15-8-16-29-22(25-26-23(29)32)21(17-18-9-6-5-7-10-18)27-33(30,31)20-13-11-19(24)12-14-20/h5-7,9-14,21,27H,3-4,8,15-17H2,1-2H3,(H,26,32)/t21-/m1/s1. The van der Waals surface area contributed by atoms with Crippen molar-refractivity contribution < 1.29 is 8.42 Å². The molecule has 10 heteroatoms. The zero-order valence-corrected chi connectivity index (χ0v) is 22.7. The van der Waals surface area contributed by atoms with E-state index >= 15 is 0 Å². The summed E-state index contributed by atoms with van der Waals surface area (Å²) < 4.78 is 32.2. The molecule has 1 N–H and O–H groups in total. The number of benzene rings is 2. The van der Waals surface area contributed by atoms with Crippen LogP contribution in [0.2, 0.25) is 0 Å². The Balaban J connectivity index is 1.89. The fourth-order valence-corrected chi connectivity index (χ4v) is 5.48. The highest BCUT2D eigenvalue weighted by Gasteiger charge is 2.27. The van der Waals surface area contributed by atoms with Gasteiger partial charge in [-0.25, -0.2) is 13.1 Å². The molecule has 0 amide bonds. The first-order valence-corrected chi connectivity index (χ1v) is 14.0. The van der Waals surface area contributed by atoms with Crippen molar-refractivity contribution in [1.82, 2.24) is 24.4 Å². The minimum atomic E-state index is -3.76. The summed E-state index contributed by atoms with van der Waals surface area (Å²) in [6.07, 6.45) is 1.34. The molecule has 33 heavy (non-hydrogen) atoms. The molecule has 0 saturated carbocycles. The first-order chi connectivity index (χ1) is 15.8. The molecule has 0 aliphatic carbocycles. The van der Waals surface area contributed by atoms with E-state index in [2.05, 4.69) is 68.9 Å². The van der Waals surface area contributed by atoms with Gasteiger partial charge in [0.05, 0.1) is 10.9 Å². The number of thiol groups is 1. The summed E-state index contributed by atoms with van der Waals surface area (Å²) >= 11 is 6.66. The SMILES string of the molecule is CCN(CC)CCCn1c(S)nnc1[C@@H](Cc1ccccc1)NS(=O)(=O)c1ccc(I)cc1. The topological polar surface area (TPSA) is 80.1 Å². The van der Waals surface area contributed by atoms with Gasteiger partial charge in [0.1, 0.15) is 0 Å². The van der Waals surface area contributed by atoms with Gasteiger partial charge in [-0.1, -0.05) is 44.2 Å². The Hall–Kier alpha value is -1.47. The van der Waals surface area contributed by atoms with E-state index in [1.54, 1.807) is 24.3 Å². The molecule has 1 heterocycles. The van der Waals surface area contributed by atoms with E-state index in [9.17, 15) is 8.42 Å². The Bertz CT molecular complexity index is 1120. The van der Waals surface area contributed by atoms with Crippen molar-refractivity contribution in [3.05, 3.63) is 69.6 Å². The highest BCUT2D eigenvalue weighted by atomic mass is 127. The summed E-state index contributed by atoms with van der Waals surface area (Å²) in [6.45, 7) is 7.88. The van der Waals surface area contributed by atoms with Gasteiger partial charge in [0.25, 0.3) is 0 Å². The van der Waals surface area contributed by atoms with E-state index in [-0.39, 0.29) is 4.90 Å². The number of hydrogen-bond acceptors (Lipinski definition) is 6. The summed E-state index contributed by atoms with van der Waals surface area (Å²) in [5, 5.41) is 8.98. The molecular weight excluding hydrogens is 569 g/mol. The van der Waals surface area contributed by atoms with Gasteiger partial charge in [-0.15, -0.1) is 22.8 Å². The number of rotatable bonds is 12. The highest BCUT2D eigenvalue weighted by molar-refractivity contribution is 14.1. The zero-order chi connectivity index (χ0) is 23.8. The van der Waals surface area contributed by atoms with Crippen LogP contribution in [0, 0.1) is 3.57 Å². The Morgan fingerprint density at radius 1 is 1.06 bits per heavy atom. The first-order valence-electron chi connectivity index (χ1n) is 11.0. The van der Waals surface area contributed by atoms with E-state index < -0.39 is 16.1 Å². The van der Waals surface area contributed by atoms with Gasteiger partial charge in [-0.2, -0.15) is 0 Å². The summed E-state index contributed by atoms with van der Waals surface area (Å²) in [6, 6.07) is 16.0. The van der Waals surface area contributed by atoms with Crippen molar-refractivity contribution in [2.24, 2.45) is 0 Å². The Labute approximate surface area is 215 Å². The van der Waals surface area contributed by atoms with E-state index in [0.717, 1.165) is 35.2 Å². The Morgan fingerprint density at radius 3 is 2.36 bits per heavy atom. The van der Waals surface area contributed by atoms with E-state index in [0.29, 0.717) is 23.9 Å². The average Bonchev–Trinajstić information content (AvgIpc) is 3.17. The van der Waals surface area contributed by atoms with Crippen molar-refractivity contribution in [1.29, 1.82) is 0 Å². The summed E-state index contributed by atoms with van der Waals surface area (Å²) in [4.78, 5) is 2.57. The van der Waals surface area contributed by atoms with Gasteiger partial charge in [-0.05, 0) is 84.9 Å². The second-order valence-corrected chi connectivity index (χ2v) is 11.1. The van der Waals surface area contributed by atoms with Gasteiger partial charge >= 0.3 is 0 Å². The molecule has 0 radical (unpaired) electrons. The smallest absolute Gasteiger partial charge is 0.241 e. The lowest BCUT2D eigenvalue weighted by molar-refractivity contribution is 0.290.